The van der Waals surface area contributed by atoms with E-state index >= 15 is 0 Å². The number of aliphatic hydroxyl groups excluding tert-OH is 1. The molecule has 10 heteroatoms. The third-order valence-corrected chi connectivity index (χ3v) is 6.45. The Morgan fingerprint density at radius 2 is 1.95 bits per heavy atom. The molecular formula is C28H39N7O3. The molecule has 10 nitrogen and oxygen atoms in total. The number of aromatic nitrogens is 4. The number of fused-ring (bicyclic) bond motifs is 1. The summed E-state index contributed by atoms with van der Waals surface area (Å²) < 4.78 is 1.70. The largest absolute Gasteiger partial charge is 0.396 e. The lowest BCUT2D eigenvalue weighted by molar-refractivity contribution is -0.128. The van der Waals surface area contributed by atoms with Crippen molar-refractivity contribution >= 4 is 29.2 Å². The Morgan fingerprint density at radius 3 is 2.61 bits per heavy atom. The molecule has 0 aliphatic heterocycles. The molecule has 0 radical (unpaired) electrons. The van der Waals surface area contributed by atoms with Crippen molar-refractivity contribution in [2.24, 2.45) is 0 Å². The predicted octanol–water partition coefficient (Wildman–Crippen LogP) is 3.63. The van der Waals surface area contributed by atoms with Crippen LogP contribution in [0.3, 0.4) is 0 Å². The van der Waals surface area contributed by atoms with Crippen LogP contribution in [0.2, 0.25) is 0 Å². The Labute approximate surface area is 224 Å². The first-order chi connectivity index (χ1) is 18.1. The molecule has 0 fully saturated rings. The van der Waals surface area contributed by atoms with E-state index in [1.807, 2.05) is 30.5 Å². The van der Waals surface area contributed by atoms with E-state index in [9.17, 15) is 14.7 Å². The first kappa shape index (κ1) is 28.8. The fourth-order valence-electron chi connectivity index (χ4n) is 4.06. The second-order valence-electron chi connectivity index (χ2n) is 10.2. The zero-order valence-electron chi connectivity index (χ0n) is 22.9. The number of ketones is 1. The van der Waals surface area contributed by atoms with Gasteiger partial charge in [0.15, 0.2) is 11.4 Å². The minimum atomic E-state index is -1.00. The van der Waals surface area contributed by atoms with Crippen LogP contribution in [0.4, 0.5) is 11.9 Å². The van der Waals surface area contributed by atoms with Crippen molar-refractivity contribution < 1.29 is 14.7 Å². The van der Waals surface area contributed by atoms with Gasteiger partial charge in [0.25, 0.3) is 0 Å². The average Bonchev–Trinajstić information content (AvgIpc) is 3.31. The van der Waals surface area contributed by atoms with E-state index in [1.54, 1.807) is 18.4 Å². The third kappa shape index (κ3) is 7.16. The number of hydrogen-bond donors (Lipinski definition) is 4. The SMILES string of the molecule is C=CC(=O)NC(C)(C)C(=O)Cc1cccc(CNc2nc(NC(CC)CCO)nc3c(C(C)C)cnn23)c1. The van der Waals surface area contributed by atoms with E-state index in [-0.39, 0.29) is 36.7 Å². The van der Waals surface area contributed by atoms with Crippen LogP contribution in [0.15, 0.2) is 43.1 Å². The molecule has 3 rings (SSSR count). The highest BCUT2D eigenvalue weighted by molar-refractivity contribution is 5.96. The number of hydrogen-bond acceptors (Lipinski definition) is 8. The topological polar surface area (TPSA) is 134 Å². The highest BCUT2D eigenvalue weighted by atomic mass is 16.3. The lowest BCUT2D eigenvalue weighted by Gasteiger charge is -2.24. The lowest BCUT2D eigenvalue weighted by atomic mass is 9.93. The number of carbonyl (C=O) groups is 2. The summed E-state index contributed by atoms with van der Waals surface area (Å²) in [5.41, 5.74) is 2.55. The van der Waals surface area contributed by atoms with Gasteiger partial charge >= 0.3 is 0 Å². The minimum Gasteiger partial charge on any atom is -0.396 e. The summed E-state index contributed by atoms with van der Waals surface area (Å²) >= 11 is 0. The van der Waals surface area contributed by atoms with E-state index in [4.69, 9.17) is 4.98 Å². The van der Waals surface area contributed by atoms with Crippen LogP contribution < -0.4 is 16.0 Å². The van der Waals surface area contributed by atoms with Crippen molar-refractivity contribution in [2.75, 3.05) is 17.2 Å². The number of Topliss-reactive ketones (excluding diaryl/α,β-unsaturated/α-hetero) is 1. The minimum absolute atomic E-state index is 0.0513. The zero-order chi connectivity index (χ0) is 27.9. The van der Waals surface area contributed by atoms with Crippen LogP contribution in [0.5, 0.6) is 0 Å². The van der Waals surface area contributed by atoms with Crippen LogP contribution >= 0.6 is 0 Å². The predicted molar refractivity (Wildman–Crippen MR) is 149 cm³/mol. The third-order valence-electron chi connectivity index (χ3n) is 6.45. The first-order valence-corrected chi connectivity index (χ1v) is 13.0. The van der Waals surface area contributed by atoms with Gasteiger partial charge in [0.1, 0.15) is 0 Å². The second kappa shape index (κ2) is 12.6. The van der Waals surface area contributed by atoms with E-state index in [0.717, 1.165) is 34.8 Å². The Kier molecular flexibility index (Phi) is 9.57. The fourth-order valence-corrected chi connectivity index (χ4v) is 4.06. The van der Waals surface area contributed by atoms with Crippen molar-refractivity contribution in [3.8, 4) is 0 Å². The van der Waals surface area contributed by atoms with Gasteiger partial charge in [-0.2, -0.15) is 19.6 Å². The highest BCUT2D eigenvalue weighted by Gasteiger charge is 2.28. The van der Waals surface area contributed by atoms with Gasteiger partial charge in [-0.3, -0.25) is 9.59 Å². The lowest BCUT2D eigenvalue weighted by Crippen LogP contribution is -2.49. The van der Waals surface area contributed by atoms with Crippen molar-refractivity contribution in [1.29, 1.82) is 0 Å². The Balaban J connectivity index is 1.81. The van der Waals surface area contributed by atoms with Crippen molar-refractivity contribution in [3.05, 3.63) is 59.8 Å². The molecule has 2 aromatic heterocycles. The highest BCUT2D eigenvalue weighted by Crippen LogP contribution is 2.23. The van der Waals surface area contributed by atoms with E-state index in [2.05, 4.69) is 53.4 Å². The standard InChI is InChI=1S/C28H39N7O3/c1-7-21(12-13-36)31-26-32-25-22(18(3)4)17-30-35(25)27(33-26)29-16-20-11-9-10-19(14-20)15-23(37)28(5,6)34-24(38)8-2/h8-11,14,17-18,21,36H,2,7,12-13,15-16H2,1,3-6H3,(H,34,38)(H2,29,31,32,33). The summed E-state index contributed by atoms with van der Waals surface area (Å²) in [6, 6.07) is 7.79. The maximum Gasteiger partial charge on any atom is 0.244 e. The summed E-state index contributed by atoms with van der Waals surface area (Å²) in [5.74, 6) is 0.769. The molecule has 1 aromatic carbocycles. The molecule has 0 saturated heterocycles. The maximum absolute atomic E-state index is 12.9. The van der Waals surface area contributed by atoms with Gasteiger partial charge in [0.05, 0.1) is 11.7 Å². The summed E-state index contributed by atoms with van der Waals surface area (Å²) in [7, 11) is 0. The van der Waals surface area contributed by atoms with E-state index in [1.165, 1.54) is 0 Å². The number of anilines is 2. The van der Waals surface area contributed by atoms with Gasteiger partial charge in [-0.05, 0) is 49.8 Å². The molecule has 1 amide bonds. The molecule has 1 unspecified atom stereocenters. The quantitative estimate of drug-likeness (QED) is 0.236. The van der Waals surface area contributed by atoms with Gasteiger partial charge in [0, 0.05) is 31.2 Å². The number of amides is 1. The maximum atomic E-state index is 12.9. The van der Waals surface area contributed by atoms with E-state index < -0.39 is 5.54 Å². The molecule has 0 saturated carbocycles. The number of aliphatic hydroxyl groups is 1. The fraction of sp³-hybridized carbons (Fsp3) is 0.464. The van der Waals surface area contributed by atoms with Crippen LogP contribution in [-0.2, 0) is 22.6 Å². The van der Waals surface area contributed by atoms with Crippen molar-refractivity contribution in [3.63, 3.8) is 0 Å². The molecule has 1 atom stereocenters. The number of nitrogens with zero attached hydrogens (tertiary/aromatic N) is 4. The van der Waals surface area contributed by atoms with Crippen molar-refractivity contribution in [2.45, 2.75) is 77.9 Å². The number of rotatable bonds is 14. The van der Waals surface area contributed by atoms with Crippen LogP contribution in [0, 0.1) is 0 Å². The summed E-state index contributed by atoms with van der Waals surface area (Å²) in [6.07, 6.45) is 4.58. The Hall–Kier alpha value is -3.79. The van der Waals surface area contributed by atoms with Crippen LogP contribution in [0.25, 0.3) is 5.65 Å². The van der Waals surface area contributed by atoms with Gasteiger partial charge in [-0.1, -0.05) is 51.6 Å². The molecule has 204 valence electrons. The second-order valence-corrected chi connectivity index (χ2v) is 10.2. The monoisotopic (exact) mass is 521 g/mol. The van der Waals surface area contributed by atoms with Gasteiger partial charge < -0.3 is 21.1 Å². The van der Waals surface area contributed by atoms with E-state index in [0.29, 0.717) is 24.9 Å². The number of nitrogens with one attached hydrogen (secondary N) is 3. The summed E-state index contributed by atoms with van der Waals surface area (Å²) in [5, 5.41) is 23.3. The first-order valence-electron chi connectivity index (χ1n) is 13.0. The van der Waals surface area contributed by atoms with Gasteiger partial charge in [-0.15, -0.1) is 0 Å². The Morgan fingerprint density at radius 1 is 1.21 bits per heavy atom. The van der Waals surface area contributed by atoms with Crippen LogP contribution in [-0.4, -0.2) is 54.6 Å². The molecule has 0 aliphatic carbocycles. The van der Waals surface area contributed by atoms with Crippen molar-refractivity contribution in [1.82, 2.24) is 24.9 Å². The number of benzene rings is 1. The number of carbonyl (C=O) groups excluding carboxylic acids is 2. The molecule has 2 heterocycles. The van der Waals surface area contributed by atoms with Crippen LogP contribution in [0.1, 0.15) is 70.1 Å². The summed E-state index contributed by atoms with van der Waals surface area (Å²) in [4.78, 5) is 34.0. The van der Waals surface area contributed by atoms with Gasteiger partial charge in [-0.25, -0.2) is 0 Å². The molecular weight excluding hydrogens is 482 g/mol. The molecule has 0 spiro atoms. The molecule has 4 N–H and O–H groups in total. The average molecular weight is 522 g/mol. The molecule has 3 aromatic rings. The normalized spacial score (nSPS) is 12.4. The molecule has 38 heavy (non-hydrogen) atoms. The molecule has 0 bridgehead atoms. The molecule has 0 aliphatic rings. The Bertz CT molecular complexity index is 1280. The zero-order valence-corrected chi connectivity index (χ0v) is 22.9. The summed E-state index contributed by atoms with van der Waals surface area (Å²) in [6.45, 7) is 13.6. The van der Waals surface area contributed by atoms with Gasteiger partial charge in [0.2, 0.25) is 17.8 Å². The smallest absolute Gasteiger partial charge is 0.244 e.